The van der Waals surface area contributed by atoms with Gasteiger partial charge in [-0.3, -0.25) is 9.59 Å². The van der Waals surface area contributed by atoms with Gasteiger partial charge in [-0.15, -0.1) is 12.4 Å². The zero-order valence-electron chi connectivity index (χ0n) is 15.2. The summed E-state index contributed by atoms with van der Waals surface area (Å²) in [6, 6.07) is 0. The van der Waals surface area contributed by atoms with Crippen LogP contribution < -0.4 is 10.6 Å². The number of piperidine rings is 1. The van der Waals surface area contributed by atoms with Crippen molar-refractivity contribution in [3.8, 4) is 0 Å². The third-order valence-corrected chi connectivity index (χ3v) is 5.47. The van der Waals surface area contributed by atoms with Crippen molar-refractivity contribution in [3.05, 3.63) is 0 Å². The molecule has 2 rings (SSSR count). The van der Waals surface area contributed by atoms with Crippen LogP contribution in [-0.4, -0.2) is 64.2 Å². The highest BCUT2D eigenvalue weighted by Crippen LogP contribution is 2.39. The van der Waals surface area contributed by atoms with Crippen LogP contribution in [0.1, 0.15) is 38.5 Å². The molecule has 0 radical (unpaired) electrons. The van der Waals surface area contributed by atoms with Gasteiger partial charge >= 0.3 is 0 Å². The fraction of sp³-hybridized carbons (Fsp3) is 0.882. The number of amides is 2. The lowest BCUT2D eigenvalue weighted by Gasteiger charge is -2.37. The van der Waals surface area contributed by atoms with Crippen LogP contribution in [-0.2, 0) is 14.3 Å². The van der Waals surface area contributed by atoms with Gasteiger partial charge < -0.3 is 20.3 Å². The highest BCUT2D eigenvalue weighted by Gasteiger charge is 2.45. The molecule has 0 aromatic rings. The fourth-order valence-corrected chi connectivity index (χ4v) is 4.05. The van der Waals surface area contributed by atoms with Crippen LogP contribution in [0.5, 0.6) is 0 Å². The predicted octanol–water partition coefficient (Wildman–Crippen LogP) is 1.19. The van der Waals surface area contributed by atoms with Crippen LogP contribution in [0.3, 0.4) is 0 Å². The minimum absolute atomic E-state index is 0. The number of rotatable bonds is 6. The van der Waals surface area contributed by atoms with Crippen LogP contribution in [0.15, 0.2) is 0 Å². The van der Waals surface area contributed by atoms with Gasteiger partial charge in [0, 0.05) is 27.7 Å². The maximum atomic E-state index is 12.9. The van der Waals surface area contributed by atoms with E-state index in [1.54, 1.807) is 26.1 Å². The van der Waals surface area contributed by atoms with Crippen molar-refractivity contribution in [2.24, 2.45) is 10.8 Å². The van der Waals surface area contributed by atoms with Crippen molar-refractivity contribution in [3.63, 3.8) is 0 Å². The number of carbonyl (C=O) groups is 2. The summed E-state index contributed by atoms with van der Waals surface area (Å²) in [6.07, 6.45) is 5.40. The van der Waals surface area contributed by atoms with E-state index in [2.05, 4.69) is 10.6 Å². The van der Waals surface area contributed by atoms with Crippen LogP contribution in [0.2, 0.25) is 0 Å². The smallest absolute Gasteiger partial charge is 0.230 e. The Hall–Kier alpha value is -0.850. The SMILES string of the molecule is COCC1(C(=O)NCC2(C(=O)N(C)C)CCCC2)CCNCC1.Cl. The number of halogens is 1. The van der Waals surface area contributed by atoms with Crippen LogP contribution >= 0.6 is 12.4 Å². The summed E-state index contributed by atoms with van der Waals surface area (Å²) in [6.45, 7) is 2.55. The number of hydrogen-bond donors (Lipinski definition) is 2. The molecule has 1 aliphatic carbocycles. The third-order valence-electron chi connectivity index (χ3n) is 5.47. The maximum Gasteiger partial charge on any atom is 0.230 e. The number of ether oxygens (including phenoxy) is 1. The van der Waals surface area contributed by atoms with Crippen molar-refractivity contribution in [2.45, 2.75) is 38.5 Å². The summed E-state index contributed by atoms with van der Waals surface area (Å²) in [5.41, 5.74) is -0.874. The molecule has 0 aromatic carbocycles. The van der Waals surface area contributed by atoms with Crippen LogP contribution in [0.25, 0.3) is 0 Å². The van der Waals surface area contributed by atoms with Crippen LogP contribution in [0.4, 0.5) is 0 Å². The molecule has 2 fully saturated rings. The Bertz CT molecular complexity index is 425. The maximum absolute atomic E-state index is 12.9. The minimum Gasteiger partial charge on any atom is -0.384 e. The van der Waals surface area contributed by atoms with E-state index in [-0.39, 0.29) is 24.2 Å². The number of methoxy groups -OCH3 is 1. The van der Waals surface area contributed by atoms with E-state index in [0.29, 0.717) is 13.2 Å². The largest absolute Gasteiger partial charge is 0.384 e. The van der Waals surface area contributed by atoms with Crippen molar-refractivity contribution in [1.29, 1.82) is 0 Å². The first kappa shape index (κ1) is 21.2. The highest BCUT2D eigenvalue weighted by molar-refractivity contribution is 5.86. The average molecular weight is 362 g/mol. The highest BCUT2D eigenvalue weighted by atomic mass is 35.5. The second kappa shape index (κ2) is 9.02. The Labute approximate surface area is 151 Å². The molecule has 0 unspecified atom stereocenters. The van der Waals surface area contributed by atoms with Gasteiger partial charge in [0.15, 0.2) is 0 Å². The molecule has 2 amide bonds. The fourth-order valence-electron chi connectivity index (χ4n) is 4.05. The quantitative estimate of drug-likeness (QED) is 0.745. The molecular formula is C17H32ClN3O3. The van der Waals surface area contributed by atoms with Gasteiger partial charge in [0.1, 0.15) is 0 Å². The molecule has 2 N–H and O–H groups in total. The summed E-state index contributed by atoms with van der Waals surface area (Å²) in [4.78, 5) is 27.1. The van der Waals surface area contributed by atoms with Gasteiger partial charge in [0.25, 0.3) is 0 Å². The lowest BCUT2D eigenvalue weighted by atomic mass is 9.78. The summed E-state index contributed by atoms with van der Waals surface area (Å²) in [5, 5.41) is 6.40. The Morgan fingerprint density at radius 3 is 2.17 bits per heavy atom. The zero-order chi connectivity index (χ0) is 16.9. The van der Waals surface area contributed by atoms with E-state index >= 15 is 0 Å². The predicted molar refractivity (Wildman–Crippen MR) is 96.3 cm³/mol. The molecular weight excluding hydrogens is 330 g/mol. The van der Waals surface area contributed by atoms with Gasteiger partial charge in [-0.05, 0) is 38.8 Å². The van der Waals surface area contributed by atoms with Gasteiger partial charge in [0.2, 0.25) is 11.8 Å². The van der Waals surface area contributed by atoms with E-state index in [4.69, 9.17) is 4.74 Å². The summed E-state index contributed by atoms with van der Waals surface area (Å²) in [7, 11) is 5.23. The first-order valence-corrected chi connectivity index (χ1v) is 8.66. The van der Waals surface area contributed by atoms with E-state index in [1.807, 2.05) is 0 Å². The monoisotopic (exact) mass is 361 g/mol. The molecule has 1 aliphatic heterocycles. The molecule has 1 heterocycles. The normalized spacial score (nSPS) is 21.6. The third kappa shape index (κ3) is 4.41. The summed E-state index contributed by atoms with van der Waals surface area (Å²) in [5.74, 6) is 0.181. The minimum atomic E-state index is -0.457. The van der Waals surface area contributed by atoms with Gasteiger partial charge in [0.05, 0.1) is 17.4 Å². The van der Waals surface area contributed by atoms with Gasteiger partial charge in [-0.1, -0.05) is 12.8 Å². The van der Waals surface area contributed by atoms with E-state index in [9.17, 15) is 9.59 Å². The molecule has 6 nitrogen and oxygen atoms in total. The summed E-state index contributed by atoms with van der Waals surface area (Å²) >= 11 is 0. The van der Waals surface area contributed by atoms with Crippen molar-refractivity contribution in [1.82, 2.24) is 15.5 Å². The number of carbonyl (C=O) groups excluding carboxylic acids is 2. The molecule has 1 saturated heterocycles. The van der Waals surface area contributed by atoms with Gasteiger partial charge in [-0.2, -0.15) is 0 Å². The summed E-state index contributed by atoms with van der Waals surface area (Å²) < 4.78 is 5.32. The van der Waals surface area contributed by atoms with Crippen molar-refractivity contribution >= 4 is 24.2 Å². The first-order valence-electron chi connectivity index (χ1n) is 8.66. The van der Waals surface area contributed by atoms with E-state index in [0.717, 1.165) is 51.6 Å². The Morgan fingerprint density at radius 2 is 1.67 bits per heavy atom. The molecule has 1 saturated carbocycles. The molecule has 0 spiro atoms. The molecule has 0 bridgehead atoms. The van der Waals surface area contributed by atoms with Gasteiger partial charge in [-0.25, -0.2) is 0 Å². The van der Waals surface area contributed by atoms with E-state index < -0.39 is 10.8 Å². The molecule has 0 atom stereocenters. The van der Waals surface area contributed by atoms with Crippen molar-refractivity contribution in [2.75, 3.05) is 47.4 Å². The lowest BCUT2D eigenvalue weighted by Crippen LogP contribution is -2.53. The average Bonchev–Trinajstić information content (AvgIpc) is 3.03. The Morgan fingerprint density at radius 1 is 1.08 bits per heavy atom. The van der Waals surface area contributed by atoms with Crippen LogP contribution in [0, 0.1) is 10.8 Å². The molecule has 24 heavy (non-hydrogen) atoms. The number of nitrogens with one attached hydrogen (secondary N) is 2. The second-order valence-electron chi connectivity index (χ2n) is 7.33. The Kier molecular flexibility index (Phi) is 7.96. The molecule has 7 heteroatoms. The first-order chi connectivity index (χ1) is 11.0. The zero-order valence-corrected chi connectivity index (χ0v) is 16.0. The molecule has 2 aliphatic rings. The number of nitrogens with zero attached hydrogens (tertiary/aromatic N) is 1. The molecule has 140 valence electrons. The standard InChI is InChI=1S/C17H31N3O3.ClH/c1-20(2)15(22)16(6-4-5-7-16)12-19-14(21)17(13-23-3)8-10-18-11-9-17;/h18H,4-13H2,1-3H3,(H,19,21);1H. The Balaban J connectivity index is 0.00000288. The van der Waals surface area contributed by atoms with Crippen molar-refractivity contribution < 1.29 is 14.3 Å². The second-order valence-corrected chi connectivity index (χ2v) is 7.33. The van der Waals surface area contributed by atoms with E-state index in [1.165, 1.54) is 0 Å². The molecule has 0 aromatic heterocycles. The lowest BCUT2D eigenvalue weighted by molar-refractivity contribution is -0.141. The number of hydrogen-bond acceptors (Lipinski definition) is 4. The topological polar surface area (TPSA) is 70.7 Å².